The molecule has 1 heterocycles. The topological polar surface area (TPSA) is 75.2 Å². The maximum Gasteiger partial charge on any atom is 0.217 e. The van der Waals surface area contributed by atoms with Crippen molar-refractivity contribution in [2.24, 2.45) is 5.92 Å². The van der Waals surface area contributed by atoms with Gasteiger partial charge >= 0.3 is 0 Å². The Morgan fingerprint density at radius 3 is 2.39 bits per heavy atom. The van der Waals surface area contributed by atoms with Gasteiger partial charge in [0.2, 0.25) is 5.91 Å². The summed E-state index contributed by atoms with van der Waals surface area (Å²) in [5.74, 6) is 1.63. The molecule has 0 aliphatic heterocycles. The third-order valence-electron chi connectivity index (χ3n) is 6.33. The van der Waals surface area contributed by atoms with Gasteiger partial charge in [-0.1, -0.05) is 43.5 Å². The first-order chi connectivity index (χ1) is 15.1. The third kappa shape index (κ3) is 6.12. The van der Waals surface area contributed by atoms with Gasteiger partial charge in [-0.05, 0) is 42.7 Å². The molecule has 0 spiro atoms. The molecule has 164 valence electrons. The van der Waals surface area contributed by atoms with E-state index in [0.717, 1.165) is 29.4 Å². The predicted octanol–water partition coefficient (Wildman–Crippen LogP) is 4.09. The van der Waals surface area contributed by atoms with E-state index in [-0.39, 0.29) is 11.7 Å². The quantitative estimate of drug-likeness (QED) is 0.619. The SMILES string of the molecule is CC(=O)NCc1ccc(CC(=O)c2cc(N(CC3CC3)C3CCCCC3)ncn2)cc1. The molecule has 2 aliphatic rings. The number of benzene rings is 1. The van der Waals surface area contributed by atoms with Crippen LogP contribution in [0.5, 0.6) is 0 Å². The first-order valence-electron chi connectivity index (χ1n) is 11.5. The lowest BCUT2D eigenvalue weighted by Crippen LogP contribution is -2.39. The maximum atomic E-state index is 12.9. The summed E-state index contributed by atoms with van der Waals surface area (Å²) >= 11 is 0. The molecule has 1 N–H and O–H groups in total. The minimum atomic E-state index is -0.0530. The summed E-state index contributed by atoms with van der Waals surface area (Å²) in [6.07, 6.45) is 10.8. The Kier molecular flexibility index (Phi) is 6.95. The van der Waals surface area contributed by atoms with Crippen molar-refractivity contribution < 1.29 is 9.59 Å². The van der Waals surface area contributed by atoms with Gasteiger partial charge in [-0.15, -0.1) is 0 Å². The van der Waals surface area contributed by atoms with E-state index in [9.17, 15) is 9.59 Å². The maximum absolute atomic E-state index is 12.9. The van der Waals surface area contributed by atoms with Crippen molar-refractivity contribution in [1.29, 1.82) is 0 Å². The van der Waals surface area contributed by atoms with Gasteiger partial charge in [0.1, 0.15) is 17.8 Å². The highest BCUT2D eigenvalue weighted by Crippen LogP contribution is 2.34. The summed E-state index contributed by atoms with van der Waals surface area (Å²) in [6.45, 7) is 3.05. The minimum absolute atomic E-state index is 0.00766. The Morgan fingerprint density at radius 1 is 1.00 bits per heavy atom. The third-order valence-corrected chi connectivity index (χ3v) is 6.33. The summed E-state index contributed by atoms with van der Waals surface area (Å²) in [7, 11) is 0. The smallest absolute Gasteiger partial charge is 0.217 e. The van der Waals surface area contributed by atoms with Crippen molar-refractivity contribution in [2.45, 2.75) is 70.9 Å². The van der Waals surface area contributed by atoms with Crippen molar-refractivity contribution in [3.05, 3.63) is 53.5 Å². The van der Waals surface area contributed by atoms with Gasteiger partial charge in [0, 0.05) is 38.5 Å². The molecule has 2 fully saturated rings. The molecule has 0 atom stereocenters. The fourth-order valence-electron chi connectivity index (χ4n) is 4.34. The second-order valence-corrected chi connectivity index (χ2v) is 8.98. The summed E-state index contributed by atoms with van der Waals surface area (Å²) in [4.78, 5) is 35.3. The molecule has 0 bridgehead atoms. The summed E-state index contributed by atoms with van der Waals surface area (Å²) in [5.41, 5.74) is 2.45. The first-order valence-corrected chi connectivity index (χ1v) is 11.5. The molecule has 6 heteroatoms. The van der Waals surface area contributed by atoms with Gasteiger partial charge < -0.3 is 10.2 Å². The molecule has 0 saturated heterocycles. The van der Waals surface area contributed by atoms with E-state index in [2.05, 4.69) is 20.2 Å². The zero-order valence-electron chi connectivity index (χ0n) is 18.3. The normalized spacial score (nSPS) is 16.7. The Labute approximate surface area is 184 Å². The lowest BCUT2D eigenvalue weighted by Gasteiger charge is -2.35. The lowest BCUT2D eigenvalue weighted by molar-refractivity contribution is -0.119. The number of anilines is 1. The van der Waals surface area contributed by atoms with E-state index in [0.29, 0.717) is 24.7 Å². The number of ketones is 1. The predicted molar refractivity (Wildman–Crippen MR) is 121 cm³/mol. The van der Waals surface area contributed by atoms with Crippen LogP contribution in [0.4, 0.5) is 5.82 Å². The minimum Gasteiger partial charge on any atom is -0.353 e. The van der Waals surface area contributed by atoms with Crippen LogP contribution in [0.25, 0.3) is 0 Å². The number of carbonyl (C=O) groups is 2. The zero-order valence-corrected chi connectivity index (χ0v) is 18.3. The molecular formula is C25H32N4O2. The fourth-order valence-corrected chi connectivity index (χ4v) is 4.34. The van der Waals surface area contributed by atoms with Crippen LogP contribution in [0, 0.1) is 5.92 Å². The molecule has 1 amide bonds. The number of hydrogen-bond donors (Lipinski definition) is 1. The fraction of sp³-hybridized carbons (Fsp3) is 0.520. The molecule has 4 rings (SSSR count). The zero-order chi connectivity index (χ0) is 21.6. The number of Topliss-reactive ketones (excluding diaryl/α,β-unsaturated/α-hetero) is 1. The Bertz CT molecular complexity index is 902. The van der Waals surface area contributed by atoms with Crippen LogP contribution in [-0.2, 0) is 17.8 Å². The number of hydrogen-bond acceptors (Lipinski definition) is 5. The van der Waals surface area contributed by atoms with E-state index >= 15 is 0 Å². The van der Waals surface area contributed by atoms with Gasteiger partial charge in [-0.3, -0.25) is 9.59 Å². The van der Waals surface area contributed by atoms with Crippen molar-refractivity contribution in [2.75, 3.05) is 11.4 Å². The number of nitrogens with one attached hydrogen (secondary N) is 1. The molecular weight excluding hydrogens is 388 g/mol. The summed E-state index contributed by atoms with van der Waals surface area (Å²) < 4.78 is 0. The monoisotopic (exact) mass is 420 g/mol. The molecule has 0 radical (unpaired) electrons. The van der Waals surface area contributed by atoms with Crippen LogP contribution >= 0.6 is 0 Å². The van der Waals surface area contributed by atoms with E-state index in [4.69, 9.17) is 0 Å². The van der Waals surface area contributed by atoms with Gasteiger partial charge in [-0.2, -0.15) is 0 Å². The van der Waals surface area contributed by atoms with Gasteiger partial charge in [0.15, 0.2) is 5.78 Å². The summed E-state index contributed by atoms with van der Waals surface area (Å²) in [5, 5.41) is 2.78. The molecule has 2 aliphatic carbocycles. The van der Waals surface area contributed by atoms with Crippen LogP contribution in [0.2, 0.25) is 0 Å². The standard InChI is InChI=1S/C25H32N4O2/c1-18(30)26-15-20-9-7-19(8-10-20)13-24(31)23-14-25(28-17-27-23)29(16-21-11-12-21)22-5-3-2-4-6-22/h7-10,14,17,21-22H,2-6,11-13,15-16H2,1H3,(H,26,30). The highest BCUT2D eigenvalue weighted by molar-refractivity contribution is 5.96. The number of amides is 1. The van der Waals surface area contributed by atoms with E-state index in [1.54, 1.807) is 6.33 Å². The second-order valence-electron chi connectivity index (χ2n) is 8.98. The number of nitrogens with zero attached hydrogens (tertiary/aromatic N) is 3. The highest BCUT2D eigenvalue weighted by Gasteiger charge is 2.30. The van der Waals surface area contributed by atoms with E-state index < -0.39 is 0 Å². The number of carbonyl (C=O) groups excluding carboxylic acids is 2. The molecule has 1 aromatic heterocycles. The van der Waals surface area contributed by atoms with Gasteiger partial charge in [0.05, 0.1) is 0 Å². The molecule has 2 saturated carbocycles. The Hall–Kier alpha value is -2.76. The van der Waals surface area contributed by atoms with Crippen LogP contribution in [0.3, 0.4) is 0 Å². The van der Waals surface area contributed by atoms with Crippen molar-refractivity contribution in [1.82, 2.24) is 15.3 Å². The number of rotatable bonds is 9. The van der Waals surface area contributed by atoms with Crippen molar-refractivity contribution in [3.8, 4) is 0 Å². The van der Waals surface area contributed by atoms with E-state index in [1.165, 1.54) is 51.9 Å². The van der Waals surface area contributed by atoms with Gasteiger partial charge in [-0.25, -0.2) is 9.97 Å². The van der Waals surface area contributed by atoms with Crippen LogP contribution in [0.1, 0.15) is 73.5 Å². The largest absolute Gasteiger partial charge is 0.353 e. The lowest BCUT2D eigenvalue weighted by atomic mass is 9.94. The Balaban J connectivity index is 1.43. The van der Waals surface area contributed by atoms with Crippen LogP contribution in [-0.4, -0.2) is 34.2 Å². The summed E-state index contributed by atoms with van der Waals surface area (Å²) in [6, 6.07) is 10.2. The Morgan fingerprint density at radius 2 is 1.71 bits per heavy atom. The highest BCUT2D eigenvalue weighted by atomic mass is 16.1. The average Bonchev–Trinajstić information content (AvgIpc) is 3.62. The second kappa shape index (κ2) is 10.0. The number of aromatic nitrogens is 2. The van der Waals surface area contributed by atoms with E-state index in [1.807, 2.05) is 30.3 Å². The molecule has 6 nitrogen and oxygen atoms in total. The molecule has 31 heavy (non-hydrogen) atoms. The molecule has 2 aromatic rings. The van der Waals surface area contributed by atoms with Crippen LogP contribution < -0.4 is 10.2 Å². The van der Waals surface area contributed by atoms with Crippen LogP contribution in [0.15, 0.2) is 36.7 Å². The first kappa shape index (κ1) is 21.5. The molecule has 0 unspecified atom stereocenters. The molecule has 1 aromatic carbocycles. The van der Waals surface area contributed by atoms with Gasteiger partial charge in [0.25, 0.3) is 0 Å². The van der Waals surface area contributed by atoms with Crippen molar-refractivity contribution in [3.63, 3.8) is 0 Å². The van der Waals surface area contributed by atoms with Crippen molar-refractivity contribution >= 4 is 17.5 Å². The average molecular weight is 421 g/mol.